The molecule has 0 atom stereocenters. The second kappa shape index (κ2) is 12.7. The van der Waals surface area contributed by atoms with Crippen molar-refractivity contribution in [1.82, 2.24) is 4.31 Å². The molecule has 1 aliphatic rings. The Morgan fingerprint density at radius 3 is 1.90 bits per heavy atom. The summed E-state index contributed by atoms with van der Waals surface area (Å²) in [5.74, 6) is 0.540. The first-order valence-electron chi connectivity index (χ1n) is 12.7. The molecule has 0 saturated carbocycles. The molecule has 0 bridgehead atoms. The molecule has 1 fully saturated rings. The summed E-state index contributed by atoms with van der Waals surface area (Å²) in [4.78, 5) is 25.1. The smallest absolute Gasteiger partial charge is 0.243 e. The lowest BCUT2D eigenvalue weighted by Crippen LogP contribution is -2.41. The molecule has 1 N–H and O–H groups in total. The Morgan fingerprint density at radius 2 is 1.43 bits per heavy atom. The SMILES string of the molecule is COc1cc(/C=C2\CN(S(=O)(=O)c3ccc(NC(C)=O)cc3)C/C(=C\c3ccc(C#N)cc3)C2=O)cc(OC)c1OC. The van der Waals surface area contributed by atoms with E-state index in [0.717, 1.165) is 0 Å². The summed E-state index contributed by atoms with van der Waals surface area (Å²) < 4.78 is 45.0. The van der Waals surface area contributed by atoms with Crippen molar-refractivity contribution >= 4 is 39.6 Å². The maximum Gasteiger partial charge on any atom is 0.243 e. The number of piperidine rings is 1. The third kappa shape index (κ3) is 6.52. The number of benzene rings is 3. The van der Waals surface area contributed by atoms with E-state index in [1.807, 2.05) is 0 Å². The van der Waals surface area contributed by atoms with Crippen LogP contribution in [-0.2, 0) is 19.6 Å². The topological polar surface area (TPSA) is 135 Å². The number of anilines is 1. The van der Waals surface area contributed by atoms with Gasteiger partial charge in [0, 0.05) is 36.8 Å². The van der Waals surface area contributed by atoms with Crippen LogP contribution in [0.25, 0.3) is 12.2 Å². The van der Waals surface area contributed by atoms with E-state index < -0.39 is 10.0 Å². The Bertz CT molecular complexity index is 1690. The number of hydrogen-bond acceptors (Lipinski definition) is 8. The molecule has 1 heterocycles. The van der Waals surface area contributed by atoms with Gasteiger partial charge in [-0.2, -0.15) is 9.57 Å². The zero-order valence-corrected chi connectivity index (χ0v) is 24.3. The Labute approximate surface area is 244 Å². The Hall–Kier alpha value is -4.92. The lowest BCUT2D eigenvalue weighted by Gasteiger charge is -2.29. The van der Waals surface area contributed by atoms with Gasteiger partial charge >= 0.3 is 0 Å². The average molecular weight is 588 g/mol. The summed E-state index contributed by atoms with van der Waals surface area (Å²) in [5.41, 5.74) is 2.59. The number of nitriles is 1. The van der Waals surface area contributed by atoms with Gasteiger partial charge in [0.2, 0.25) is 21.7 Å². The van der Waals surface area contributed by atoms with Crippen molar-refractivity contribution in [3.63, 3.8) is 0 Å². The van der Waals surface area contributed by atoms with Crippen LogP contribution in [-0.4, -0.2) is 58.8 Å². The van der Waals surface area contributed by atoms with Crippen LogP contribution in [0.2, 0.25) is 0 Å². The number of carbonyl (C=O) groups excluding carboxylic acids is 2. The number of nitrogens with one attached hydrogen (secondary N) is 1. The monoisotopic (exact) mass is 587 g/mol. The molecule has 11 heteroatoms. The minimum atomic E-state index is -4.05. The van der Waals surface area contributed by atoms with E-state index in [1.54, 1.807) is 48.6 Å². The molecule has 10 nitrogen and oxygen atoms in total. The predicted molar refractivity (Wildman–Crippen MR) is 158 cm³/mol. The van der Waals surface area contributed by atoms with Crippen molar-refractivity contribution in [2.24, 2.45) is 0 Å². The van der Waals surface area contributed by atoms with Gasteiger partial charge in [-0.3, -0.25) is 9.59 Å². The van der Waals surface area contributed by atoms with E-state index >= 15 is 0 Å². The summed E-state index contributed by atoms with van der Waals surface area (Å²) in [7, 11) is 0.379. The molecule has 42 heavy (non-hydrogen) atoms. The Morgan fingerprint density at radius 1 is 0.881 bits per heavy atom. The fraction of sp³-hybridized carbons (Fsp3) is 0.194. The highest BCUT2D eigenvalue weighted by atomic mass is 32.2. The van der Waals surface area contributed by atoms with Crippen molar-refractivity contribution in [3.8, 4) is 23.3 Å². The van der Waals surface area contributed by atoms with Gasteiger partial charge in [0.1, 0.15) is 0 Å². The van der Waals surface area contributed by atoms with E-state index in [0.29, 0.717) is 39.6 Å². The number of nitrogens with zero attached hydrogens (tertiary/aromatic N) is 2. The highest BCUT2D eigenvalue weighted by Crippen LogP contribution is 2.39. The van der Waals surface area contributed by atoms with Crippen LogP contribution in [0, 0.1) is 11.3 Å². The largest absolute Gasteiger partial charge is 0.493 e. The van der Waals surface area contributed by atoms with Crippen LogP contribution < -0.4 is 19.5 Å². The van der Waals surface area contributed by atoms with Crippen molar-refractivity contribution in [2.45, 2.75) is 11.8 Å². The van der Waals surface area contributed by atoms with Crippen LogP contribution in [0.3, 0.4) is 0 Å². The molecule has 3 aromatic rings. The van der Waals surface area contributed by atoms with Crippen molar-refractivity contribution < 1.29 is 32.2 Å². The van der Waals surface area contributed by atoms with E-state index in [9.17, 15) is 18.0 Å². The minimum absolute atomic E-state index is 0.0100. The number of rotatable bonds is 8. The first kappa shape index (κ1) is 30.0. The van der Waals surface area contributed by atoms with Crippen LogP contribution in [0.4, 0.5) is 5.69 Å². The summed E-state index contributed by atoms with van der Waals surface area (Å²) in [5, 5.41) is 11.7. The Balaban J connectivity index is 1.80. The fourth-order valence-electron chi connectivity index (χ4n) is 4.48. The van der Waals surface area contributed by atoms with Gasteiger partial charge in [-0.1, -0.05) is 12.1 Å². The van der Waals surface area contributed by atoms with Gasteiger partial charge in [0.15, 0.2) is 17.3 Å². The zero-order valence-electron chi connectivity index (χ0n) is 23.5. The summed E-state index contributed by atoms with van der Waals surface area (Å²) in [6.45, 7) is 1.01. The second-order valence-electron chi connectivity index (χ2n) is 9.34. The van der Waals surface area contributed by atoms with Crippen molar-refractivity contribution in [1.29, 1.82) is 5.26 Å². The molecule has 216 valence electrons. The first-order chi connectivity index (χ1) is 20.1. The average Bonchev–Trinajstić information content (AvgIpc) is 2.98. The molecule has 0 unspecified atom stereocenters. The maximum atomic E-state index is 13.8. The van der Waals surface area contributed by atoms with Gasteiger partial charge in [-0.05, 0) is 71.8 Å². The van der Waals surface area contributed by atoms with E-state index in [1.165, 1.54) is 56.8 Å². The summed E-state index contributed by atoms with van der Waals surface area (Å²) in [6.07, 6.45) is 3.22. The number of ketones is 1. The molecule has 0 aliphatic carbocycles. The van der Waals surface area contributed by atoms with Gasteiger partial charge in [-0.15, -0.1) is 0 Å². The van der Waals surface area contributed by atoms with Crippen LogP contribution in [0.5, 0.6) is 17.2 Å². The molecule has 0 radical (unpaired) electrons. The number of amides is 1. The predicted octanol–water partition coefficient (Wildman–Crippen LogP) is 4.28. The quantitative estimate of drug-likeness (QED) is 0.386. The fourth-order valence-corrected chi connectivity index (χ4v) is 5.88. The summed E-state index contributed by atoms with van der Waals surface area (Å²) in [6, 6.07) is 17.8. The minimum Gasteiger partial charge on any atom is -0.493 e. The molecule has 3 aromatic carbocycles. The molecule has 4 rings (SSSR count). The molecular weight excluding hydrogens is 558 g/mol. The third-order valence-corrected chi connectivity index (χ3v) is 8.30. The van der Waals surface area contributed by atoms with Gasteiger partial charge in [0.05, 0.1) is 37.9 Å². The van der Waals surface area contributed by atoms with E-state index in [-0.39, 0.29) is 40.8 Å². The van der Waals surface area contributed by atoms with Crippen LogP contribution in [0.15, 0.2) is 76.7 Å². The van der Waals surface area contributed by atoms with Gasteiger partial charge < -0.3 is 19.5 Å². The first-order valence-corrected chi connectivity index (χ1v) is 14.2. The zero-order chi connectivity index (χ0) is 30.4. The molecular formula is C31H29N3O7S. The highest BCUT2D eigenvalue weighted by Gasteiger charge is 2.34. The number of methoxy groups -OCH3 is 3. The highest BCUT2D eigenvalue weighted by molar-refractivity contribution is 7.89. The maximum absolute atomic E-state index is 13.8. The molecule has 0 aromatic heterocycles. The van der Waals surface area contributed by atoms with E-state index in [2.05, 4.69) is 11.4 Å². The Kier molecular flexibility index (Phi) is 9.10. The summed E-state index contributed by atoms with van der Waals surface area (Å²) >= 11 is 0. The van der Waals surface area contributed by atoms with Crippen LogP contribution in [0.1, 0.15) is 23.6 Å². The number of ether oxygens (including phenoxy) is 3. The lowest BCUT2D eigenvalue weighted by molar-refractivity contribution is -0.114. The standard InChI is InChI=1S/C31H29N3O7S/c1-20(35)33-26-9-11-27(12-10-26)42(37,38)34-18-24(13-21-5-7-22(17-32)8-6-21)30(36)25(19-34)14-23-15-28(39-2)31(41-4)29(16-23)40-3/h5-16H,18-19H2,1-4H3,(H,33,35)/b24-13+,25-14+. The third-order valence-electron chi connectivity index (χ3n) is 6.50. The number of carbonyl (C=O) groups is 2. The van der Waals surface area contributed by atoms with Crippen molar-refractivity contribution in [3.05, 3.63) is 88.5 Å². The number of sulfonamides is 1. The van der Waals surface area contributed by atoms with Gasteiger partial charge in [0.25, 0.3) is 0 Å². The molecule has 1 amide bonds. The van der Waals surface area contributed by atoms with Gasteiger partial charge in [-0.25, -0.2) is 8.42 Å². The normalized spacial score (nSPS) is 15.7. The second-order valence-corrected chi connectivity index (χ2v) is 11.3. The lowest BCUT2D eigenvalue weighted by atomic mass is 9.95. The van der Waals surface area contributed by atoms with Crippen molar-refractivity contribution in [2.75, 3.05) is 39.7 Å². The molecule has 0 spiro atoms. The van der Waals surface area contributed by atoms with E-state index in [4.69, 9.17) is 19.5 Å². The number of Topliss-reactive ketones (excluding diaryl/α,β-unsaturated/α-hetero) is 1. The van der Waals surface area contributed by atoms with Crippen LogP contribution >= 0.6 is 0 Å². The number of hydrogen-bond donors (Lipinski definition) is 1. The molecule has 1 saturated heterocycles. The molecule has 1 aliphatic heterocycles.